The Labute approximate surface area is 109 Å². The van der Waals surface area contributed by atoms with E-state index in [-0.39, 0.29) is 11.3 Å². The highest BCUT2D eigenvalue weighted by molar-refractivity contribution is 8.00. The topological polar surface area (TPSA) is 35.2 Å². The molecule has 1 fully saturated rings. The molecule has 1 aliphatic heterocycles. The van der Waals surface area contributed by atoms with Gasteiger partial charge in [0.15, 0.2) is 0 Å². The molecule has 2 atom stereocenters. The molecule has 0 aliphatic carbocycles. The first-order valence-corrected chi connectivity index (χ1v) is 6.75. The number of hydrogen-bond donors (Lipinski definition) is 1. The van der Waals surface area contributed by atoms with Gasteiger partial charge >= 0.3 is 0 Å². The third kappa shape index (κ3) is 3.05. The minimum absolute atomic E-state index is 0.161. The van der Waals surface area contributed by atoms with Crippen LogP contribution in [0.15, 0.2) is 23.1 Å². The van der Waals surface area contributed by atoms with E-state index in [1.54, 1.807) is 23.9 Å². The molecule has 2 rings (SSSR count). The maximum absolute atomic E-state index is 6.10. The SMILES string of the molecule is NC1CCOCC1Sc1cc(Cl)ccc1Cl. The van der Waals surface area contributed by atoms with Gasteiger partial charge in [0, 0.05) is 27.8 Å². The average molecular weight is 278 g/mol. The van der Waals surface area contributed by atoms with E-state index < -0.39 is 0 Å². The molecule has 0 saturated carbocycles. The normalized spacial score (nSPS) is 25.7. The lowest BCUT2D eigenvalue weighted by molar-refractivity contribution is 0.0916. The summed E-state index contributed by atoms with van der Waals surface area (Å²) in [5.41, 5.74) is 6.04. The molecule has 1 aromatic rings. The summed E-state index contributed by atoms with van der Waals surface area (Å²) in [4.78, 5) is 0.972. The standard InChI is InChI=1S/C11H13Cl2NOS/c12-7-1-2-8(13)10(5-7)16-11-6-15-4-3-9(11)14/h1-2,5,9,11H,3-4,6,14H2. The van der Waals surface area contributed by atoms with Crippen LogP contribution in [-0.4, -0.2) is 24.5 Å². The Bertz CT molecular complexity index is 375. The van der Waals surface area contributed by atoms with Gasteiger partial charge < -0.3 is 10.5 Å². The van der Waals surface area contributed by atoms with E-state index in [2.05, 4.69) is 0 Å². The Morgan fingerprint density at radius 3 is 2.94 bits per heavy atom. The lowest BCUT2D eigenvalue weighted by atomic mass is 10.1. The fraction of sp³-hybridized carbons (Fsp3) is 0.455. The summed E-state index contributed by atoms with van der Waals surface area (Å²) in [7, 11) is 0. The molecule has 1 aliphatic rings. The number of nitrogens with two attached hydrogens (primary N) is 1. The monoisotopic (exact) mass is 277 g/mol. The van der Waals surface area contributed by atoms with Crippen LogP contribution in [0.1, 0.15) is 6.42 Å². The summed E-state index contributed by atoms with van der Waals surface area (Å²) in [6, 6.07) is 5.62. The molecule has 0 amide bonds. The van der Waals surface area contributed by atoms with Crippen LogP contribution in [0.4, 0.5) is 0 Å². The summed E-state index contributed by atoms with van der Waals surface area (Å²) in [6.07, 6.45) is 0.899. The van der Waals surface area contributed by atoms with Crippen molar-refractivity contribution in [2.45, 2.75) is 22.6 Å². The Hall–Kier alpha value is 0.0700. The number of benzene rings is 1. The Morgan fingerprint density at radius 2 is 2.19 bits per heavy atom. The van der Waals surface area contributed by atoms with Crippen molar-refractivity contribution in [1.29, 1.82) is 0 Å². The third-order valence-electron chi connectivity index (χ3n) is 2.53. The molecule has 1 heterocycles. The predicted molar refractivity (Wildman–Crippen MR) is 69.5 cm³/mol. The van der Waals surface area contributed by atoms with Gasteiger partial charge in [-0.1, -0.05) is 23.2 Å². The second kappa shape index (κ2) is 5.61. The molecule has 0 spiro atoms. The molecular formula is C11H13Cl2NOS. The quantitative estimate of drug-likeness (QED) is 0.902. The van der Waals surface area contributed by atoms with Crippen LogP contribution in [-0.2, 0) is 4.74 Å². The highest BCUT2D eigenvalue weighted by atomic mass is 35.5. The van der Waals surface area contributed by atoms with Crippen molar-refractivity contribution in [3.8, 4) is 0 Å². The van der Waals surface area contributed by atoms with Gasteiger partial charge in [-0.15, -0.1) is 11.8 Å². The number of hydrogen-bond acceptors (Lipinski definition) is 3. The van der Waals surface area contributed by atoms with Crippen LogP contribution in [0.25, 0.3) is 0 Å². The summed E-state index contributed by atoms with van der Waals surface area (Å²) < 4.78 is 5.42. The van der Waals surface area contributed by atoms with Gasteiger partial charge in [0.2, 0.25) is 0 Å². The first kappa shape index (κ1) is 12.5. The molecule has 88 valence electrons. The molecule has 2 N–H and O–H groups in total. The molecule has 0 bridgehead atoms. The third-order valence-corrected chi connectivity index (χ3v) is 4.58. The summed E-state index contributed by atoms with van der Waals surface area (Å²) >= 11 is 13.7. The molecule has 1 saturated heterocycles. The van der Waals surface area contributed by atoms with Crippen LogP contribution < -0.4 is 5.73 Å². The number of halogens is 2. The minimum atomic E-state index is 0.161. The van der Waals surface area contributed by atoms with Gasteiger partial charge in [0.05, 0.1) is 11.6 Å². The van der Waals surface area contributed by atoms with Crippen molar-refractivity contribution >= 4 is 35.0 Å². The predicted octanol–water partition coefficient (Wildman–Crippen LogP) is 3.20. The lowest BCUT2D eigenvalue weighted by Gasteiger charge is -2.28. The van der Waals surface area contributed by atoms with E-state index in [0.29, 0.717) is 16.7 Å². The lowest BCUT2D eigenvalue weighted by Crippen LogP contribution is -2.40. The van der Waals surface area contributed by atoms with Crippen molar-refractivity contribution in [2.24, 2.45) is 5.73 Å². The zero-order valence-electron chi connectivity index (χ0n) is 8.66. The molecule has 1 aromatic carbocycles. The second-order valence-corrected chi connectivity index (χ2v) is 5.88. The van der Waals surface area contributed by atoms with E-state index >= 15 is 0 Å². The molecule has 16 heavy (non-hydrogen) atoms. The minimum Gasteiger partial charge on any atom is -0.380 e. The van der Waals surface area contributed by atoms with E-state index in [1.165, 1.54) is 0 Å². The van der Waals surface area contributed by atoms with Crippen LogP contribution in [0.2, 0.25) is 10.0 Å². The fourth-order valence-electron chi connectivity index (χ4n) is 1.58. The van der Waals surface area contributed by atoms with E-state index in [9.17, 15) is 0 Å². The summed E-state index contributed by atoms with van der Waals surface area (Å²) in [6.45, 7) is 1.43. The first-order valence-electron chi connectivity index (χ1n) is 5.12. The first-order chi connectivity index (χ1) is 7.66. The number of thioether (sulfide) groups is 1. The maximum Gasteiger partial charge on any atom is 0.0603 e. The Balaban J connectivity index is 2.10. The summed E-state index contributed by atoms with van der Waals surface area (Å²) in [5.74, 6) is 0. The van der Waals surface area contributed by atoms with E-state index in [1.807, 2.05) is 6.07 Å². The van der Waals surface area contributed by atoms with Crippen molar-refractivity contribution in [3.63, 3.8) is 0 Å². The molecule has 0 radical (unpaired) electrons. The number of rotatable bonds is 2. The maximum atomic E-state index is 6.10. The zero-order chi connectivity index (χ0) is 11.5. The average Bonchev–Trinajstić information content (AvgIpc) is 2.27. The Morgan fingerprint density at radius 1 is 1.38 bits per heavy atom. The van der Waals surface area contributed by atoms with Crippen molar-refractivity contribution < 1.29 is 4.74 Å². The molecule has 2 unspecified atom stereocenters. The van der Waals surface area contributed by atoms with Crippen LogP contribution in [0, 0.1) is 0 Å². The van der Waals surface area contributed by atoms with E-state index in [4.69, 9.17) is 33.7 Å². The van der Waals surface area contributed by atoms with Gasteiger partial charge in [-0.05, 0) is 24.6 Å². The van der Waals surface area contributed by atoms with Crippen LogP contribution in [0.3, 0.4) is 0 Å². The van der Waals surface area contributed by atoms with E-state index in [0.717, 1.165) is 17.9 Å². The van der Waals surface area contributed by atoms with Crippen molar-refractivity contribution in [1.82, 2.24) is 0 Å². The highest BCUT2D eigenvalue weighted by Crippen LogP contribution is 2.34. The van der Waals surface area contributed by atoms with Gasteiger partial charge in [0.1, 0.15) is 0 Å². The van der Waals surface area contributed by atoms with Crippen molar-refractivity contribution in [2.75, 3.05) is 13.2 Å². The highest BCUT2D eigenvalue weighted by Gasteiger charge is 2.24. The largest absolute Gasteiger partial charge is 0.380 e. The van der Waals surface area contributed by atoms with Gasteiger partial charge in [-0.3, -0.25) is 0 Å². The second-order valence-electron chi connectivity index (χ2n) is 3.76. The van der Waals surface area contributed by atoms with Crippen molar-refractivity contribution in [3.05, 3.63) is 28.2 Å². The van der Waals surface area contributed by atoms with Gasteiger partial charge in [-0.2, -0.15) is 0 Å². The fourth-order valence-corrected chi connectivity index (χ4v) is 3.25. The smallest absolute Gasteiger partial charge is 0.0603 e. The van der Waals surface area contributed by atoms with Gasteiger partial charge in [-0.25, -0.2) is 0 Å². The molecule has 2 nitrogen and oxygen atoms in total. The summed E-state index contributed by atoms with van der Waals surface area (Å²) in [5, 5.41) is 1.66. The zero-order valence-corrected chi connectivity index (χ0v) is 11.0. The Kier molecular flexibility index (Phi) is 4.39. The van der Waals surface area contributed by atoms with Crippen LogP contribution >= 0.6 is 35.0 Å². The molecule has 5 heteroatoms. The van der Waals surface area contributed by atoms with Gasteiger partial charge in [0.25, 0.3) is 0 Å². The molecule has 0 aromatic heterocycles. The van der Waals surface area contributed by atoms with Crippen LogP contribution in [0.5, 0.6) is 0 Å². The molecular weight excluding hydrogens is 265 g/mol. The number of ether oxygens (including phenoxy) is 1.